The van der Waals surface area contributed by atoms with Gasteiger partial charge in [0.1, 0.15) is 0 Å². The third kappa shape index (κ3) is 5.41. The highest BCUT2D eigenvalue weighted by molar-refractivity contribution is 7.92. The Kier molecular flexibility index (Phi) is 6.98. The van der Waals surface area contributed by atoms with E-state index >= 15 is 0 Å². The van der Waals surface area contributed by atoms with Crippen LogP contribution < -0.4 is 15.5 Å². The van der Waals surface area contributed by atoms with Gasteiger partial charge >= 0.3 is 0 Å². The highest BCUT2D eigenvalue weighted by Gasteiger charge is 2.41. The molecule has 0 bridgehead atoms. The first-order chi connectivity index (χ1) is 19.7. The third-order valence-corrected chi connectivity index (χ3v) is 9.51. The van der Waals surface area contributed by atoms with Crippen LogP contribution in [-0.2, 0) is 14.6 Å². The van der Waals surface area contributed by atoms with Crippen molar-refractivity contribution in [2.75, 3.05) is 34.8 Å². The standard InChI is InChI=1S/C28H33N9O3S/c1-4-23(38)31-21-10-11-35(13-21)28-33-26(24-27(34-28)36(17-29-24)18(2)3)32-22-12-30-37(14-22)25(19-8-6-5-7-9-19)20-15-41(39,40)16-20/h4-9,12,14,17-18,20-21,25H,1,10-11,13,15-16H2,2-3H3,(H,31,38)(H,32,33,34)/t21-,25-/m0/s1. The fraction of sp³-hybridized carbons (Fsp3) is 0.393. The molecule has 6 rings (SSSR count). The number of anilines is 3. The molecule has 41 heavy (non-hydrogen) atoms. The maximum atomic E-state index is 12.0. The first-order valence-corrected chi connectivity index (χ1v) is 15.5. The maximum absolute atomic E-state index is 12.0. The summed E-state index contributed by atoms with van der Waals surface area (Å²) in [6.07, 6.45) is 7.42. The lowest BCUT2D eigenvalue weighted by molar-refractivity contribution is -0.117. The Morgan fingerprint density at radius 2 is 1.95 bits per heavy atom. The minimum atomic E-state index is -3.00. The van der Waals surface area contributed by atoms with E-state index in [1.807, 2.05) is 45.8 Å². The molecule has 0 radical (unpaired) electrons. The normalized spacial score (nSPS) is 19.3. The van der Waals surface area contributed by atoms with Gasteiger partial charge in [-0.2, -0.15) is 15.1 Å². The van der Waals surface area contributed by atoms with Crippen LogP contribution in [0.15, 0.2) is 61.7 Å². The second kappa shape index (κ2) is 10.6. The quantitative estimate of drug-likeness (QED) is 0.288. The summed E-state index contributed by atoms with van der Waals surface area (Å²) in [5, 5.41) is 11.0. The lowest BCUT2D eigenvalue weighted by Gasteiger charge is -2.33. The van der Waals surface area contributed by atoms with E-state index in [9.17, 15) is 13.2 Å². The topological polar surface area (TPSA) is 140 Å². The van der Waals surface area contributed by atoms with Crippen molar-refractivity contribution in [2.24, 2.45) is 5.92 Å². The molecular weight excluding hydrogens is 542 g/mol. The number of fused-ring (bicyclic) bond motifs is 1. The van der Waals surface area contributed by atoms with Crippen molar-refractivity contribution in [3.63, 3.8) is 0 Å². The molecule has 1 amide bonds. The molecule has 3 aromatic heterocycles. The summed E-state index contributed by atoms with van der Waals surface area (Å²) in [6.45, 7) is 8.96. The summed E-state index contributed by atoms with van der Waals surface area (Å²) in [5.74, 6) is 1.12. The number of nitrogens with one attached hydrogen (secondary N) is 2. The number of aromatic nitrogens is 6. The van der Waals surface area contributed by atoms with Gasteiger partial charge in [0.15, 0.2) is 26.8 Å². The van der Waals surface area contributed by atoms with Crippen LogP contribution in [-0.4, -0.2) is 74.3 Å². The van der Waals surface area contributed by atoms with Crippen molar-refractivity contribution >= 4 is 44.4 Å². The smallest absolute Gasteiger partial charge is 0.243 e. The van der Waals surface area contributed by atoms with Gasteiger partial charge in [0.25, 0.3) is 0 Å². The molecule has 214 valence electrons. The molecule has 2 saturated heterocycles. The van der Waals surface area contributed by atoms with E-state index in [4.69, 9.17) is 9.97 Å². The Hall–Kier alpha value is -4.26. The molecule has 13 heteroatoms. The fourth-order valence-electron chi connectivity index (χ4n) is 5.60. The minimum Gasteiger partial charge on any atom is -0.348 e. The zero-order chi connectivity index (χ0) is 28.7. The zero-order valence-corrected chi connectivity index (χ0v) is 23.8. The van der Waals surface area contributed by atoms with E-state index in [0.29, 0.717) is 41.7 Å². The van der Waals surface area contributed by atoms with Gasteiger partial charge in [-0.25, -0.2) is 13.4 Å². The van der Waals surface area contributed by atoms with Crippen molar-refractivity contribution in [1.82, 2.24) is 34.6 Å². The van der Waals surface area contributed by atoms with E-state index < -0.39 is 9.84 Å². The molecule has 2 aliphatic heterocycles. The molecule has 4 aromatic rings. The average molecular weight is 576 g/mol. The fourth-order valence-corrected chi connectivity index (χ4v) is 7.17. The number of hydrogen-bond donors (Lipinski definition) is 2. The van der Waals surface area contributed by atoms with Gasteiger partial charge in [-0.05, 0) is 31.9 Å². The molecule has 12 nitrogen and oxygen atoms in total. The Labute approximate surface area is 238 Å². The second-order valence-electron chi connectivity index (χ2n) is 11.0. The summed E-state index contributed by atoms with van der Waals surface area (Å²) in [6, 6.07) is 9.77. The van der Waals surface area contributed by atoms with Crippen molar-refractivity contribution in [2.45, 2.75) is 38.4 Å². The van der Waals surface area contributed by atoms with E-state index in [2.05, 4.69) is 46.0 Å². The molecule has 2 atom stereocenters. The summed E-state index contributed by atoms with van der Waals surface area (Å²) in [5.41, 5.74) is 3.06. The van der Waals surface area contributed by atoms with Crippen molar-refractivity contribution in [1.29, 1.82) is 0 Å². The summed E-state index contributed by atoms with van der Waals surface area (Å²) >= 11 is 0. The Morgan fingerprint density at radius 1 is 1.17 bits per heavy atom. The van der Waals surface area contributed by atoms with Crippen LogP contribution >= 0.6 is 0 Å². The molecule has 0 aliphatic carbocycles. The van der Waals surface area contributed by atoms with Gasteiger partial charge < -0.3 is 20.1 Å². The highest BCUT2D eigenvalue weighted by Crippen LogP contribution is 2.36. The van der Waals surface area contributed by atoms with E-state index in [1.165, 1.54) is 6.08 Å². The molecule has 2 N–H and O–H groups in total. The van der Waals surface area contributed by atoms with Crippen molar-refractivity contribution < 1.29 is 13.2 Å². The van der Waals surface area contributed by atoms with E-state index in [1.54, 1.807) is 12.5 Å². The Morgan fingerprint density at radius 3 is 2.66 bits per heavy atom. The van der Waals surface area contributed by atoms with E-state index in [-0.39, 0.29) is 41.5 Å². The number of nitrogens with zero attached hydrogens (tertiary/aromatic N) is 7. The van der Waals surface area contributed by atoms with Crippen LogP contribution in [0.4, 0.5) is 17.5 Å². The number of carbonyl (C=O) groups excluding carboxylic acids is 1. The van der Waals surface area contributed by atoms with Gasteiger partial charge in [-0.15, -0.1) is 0 Å². The van der Waals surface area contributed by atoms with Crippen LogP contribution in [0.3, 0.4) is 0 Å². The van der Waals surface area contributed by atoms with Crippen LogP contribution in [0.2, 0.25) is 0 Å². The van der Waals surface area contributed by atoms with Crippen LogP contribution in [0.25, 0.3) is 11.2 Å². The Balaban J connectivity index is 1.31. The van der Waals surface area contributed by atoms with Gasteiger partial charge in [0.05, 0.1) is 35.8 Å². The number of imidazole rings is 1. The van der Waals surface area contributed by atoms with Gasteiger partial charge in [-0.3, -0.25) is 9.48 Å². The highest BCUT2D eigenvalue weighted by atomic mass is 32.2. The number of rotatable bonds is 9. The number of benzene rings is 1. The Bertz CT molecular complexity index is 1690. The monoisotopic (exact) mass is 575 g/mol. The van der Waals surface area contributed by atoms with Crippen LogP contribution in [0.1, 0.15) is 37.9 Å². The number of hydrogen-bond acceptors (Lipinski definition) is 9. The van der Waals surface area contributed by atoms with Crippen LogP contribution in [0.5, 0.6) is 0 Å². The molecule has 2 fully saturated rings. The first-order valence-electron chi connectivity index (χ1n) is 13.7. The summed E-state index contributed by atoms with van der Waals surface area (Å²) in [7, 11) is -3.00. The molecule has 2 aliphatic rings. The predicted molar refractivity (Wildman–Crippen MR) is 157 cm³/mol. The van der Waals surface area contributed by atoms with Gasteiger partial charge in [-0.1, -0.05) is 36.9 Å². The predicted octanol–water partition coefficient (Wildman–Crippen LogP) is 2.86. The molecule has 0 unspecified atom stereocenters. The van der Waals surface area contributed by atoms with Crippen molar-refractivity contribution in [3.05, 3.63) is 67.3 Å². The molecule has 1 aromatic carbocycles. The lowest BCUT2D eigenvalue weighted by atomic mass is 9.95. The largest absolute Gasteiger partial charge is 0.348 e. The number of sulfone groups is 1. The summed E-state index contributed by atoms with van der Waals surface area (Å²) < 4.78 is 27.9. The van der Waals surface area contributed by atoms with Gasteiger partial charge in [0, 0.05) is 37.3 Å². The van der Waals surface area contributed by atoms with Gasteiger partial charge in [0.2, 0.25) is 11.9 Å². The summed E-state index contributed by atoms with van der Waals surface area (Å²) in [4.78, 5) is 28.2. The molecule has 0 spiro atoms. The molecule has 0 saturated carbocycles. The number of carbonyl (C=O) groups is 1. The SMILES string of the molecule is C=CC(=O)N[C@H]1CCN(c2nc(Nc3cnn([C@@H](c4ccccc4)C4CS(=O)(=O)C4)c3)c3ncn(C(C)C)c3n2)C1. The van der Waals surface area contributed by atoms with Crippen LogP contribution in [0, 0.1) is 5.92 Å². The lowest BCUT2D eigenvalue weighted by Crippen LogP contribution is -2.42. The molecular formula is C28H33N9O3S. The maximum Gasteiger partial charge on any atom is 0.243 e. The average Bonchev–Trinajstić information content (AvgIpc) is 3.68. The minimum absolute atomic E-state index is 0.0188. The van der Waals surface area contributed by atoms with Crippen molar-refractivity contribution in [3.8, 4) is 0 Å². The second-order valence-corrected chi connectivity index (χ2v) is 13.1. The third-order valence-electron chi connectivity index (χ3n) is 7.64. The number of amides is 1. The van der Waals surface area contributed by atoms with E-state index in [0.717, 1.165) is 12.0 Å². The first kappa shape index (κ1) is 26.9. The zero-order valence-electron chi connectivity index (χ0n) is 23.0. The molecule has 5 heterocycles.